The number of carbonyl (C=O) groups excluding carboxylic acids is 1. The molecule has 0 aromatic carbocycles. The Morgan fingerprint density at radius 3 is 2.00 bits per heavy atom. The van der Waals surface area contributed by atoms with Crippen molar-refractivity contribution in [1.29, 1.82) is 0 Å². The van der Waals surface area contributed by atoms with Crippen LogP contribution in [0.2, 0.25) is 0 Å². The second-order valence-electron chi connectivity index (χ2n) is 5.26. The van der Waals surface area contributed by atoms with E-state index in [0.29, 0.717) is 0 Å². The number of esters is 1. The van der Waals surface area contributed by atoms with Crippen molar-refractivity contribution in [3.63, 3.8) is 0 Å². The zero-order valence-corrected chi connectivity index (χ0v) is 13.4. The molecule has 116 valence electrons. The summed E-state index contributed by atoms with van der Waals surface area (Å²) < 4.78 is 4.99. The summed E-state index contributed by atoms with van der Waals surface area (Å²) >= 11 is 0. The van der Waals surface area contributed by atoms with Gasteiger partial charge in [0.25, 0.3) is 0 Å². The molecule has 20 heavy (non-hydrogen) atoms. The molecule has 0 rings (SSSR count). The molecule has 0 aliphatic rings. The predicted molar refractivity (Wildman–Crippen MR) is 86.5 cm³/mol. The highest BCUT2D eigenvalue weighted by molar-refractivity contribution is 5.82. The van der Waals surface area contributed by atoms with Gasteiger partial charge in [0.05, 0.1) is 6.26 Å². The third-order valence-electron chi connectivity index (χ3n) is 3.23. The predicted octanol–water partition coefficient (Wildman–Crippen LogP) is 5.93. The first kappa shape index (κ1) is 18.9. The molecule has 0 radical (unpaired) electrons. The van der Waals surface area contributed by atoms with Crippen LogP contribution in [0.3, 0.4) is 0 Å². The normalized spacial score (nSPS) is 11.5. The van der Waals surface area contributed by atoms with Crippen LogP contribution in [-0.4, -0.2) is 5.97 Å². The number of carbonyl (C=O) groups is 1. The Bertz CT molecular complexity index is 267. The Kier molecular flexibility index (Phi) is 15.2. The molecule has 0 amide bonds. The summed E-state index contributed by atoms with van der Waals surface area (Å²) in [6, 6.07) is 0. The van der Waals surface area contributed by atoms with Gasteiger partial charge in [0, 0.05) is 6.08 Å². The van der Waals surface area contributed by atoms with Crippen molar-refractivity contribution in [1.82, 2.24) is 0 Å². The van der Waals surface area contributed by atoms with E-state index < -0.39 is 0 Å². The third kappa shape index (κ3) is 15.0. The van der Waals surface area contributed by atoms with Crippen molar-refractivity contribution in [3.8, 4) is 0 Å². The maximum atomic E-state index is 11.4. The van der Waals surface area contributed by atoms with Crippen molar-refractivity contribution in [2.75, 3.05) is 0 Å². The molecule has 0 aliphatic heterocycles. The first-order valence-corrected chi connectivity index (χ1v) is 8.33. The van der Waals surface area contributed by atoms with E-state index >= 15 is 0 Å². The molecule has 0 aromatic heterocycles. The molecule has 0 unspecified atom stereocenters. The van der Waals surface area contributed by atoms with E-state index in [0.717, 1.165) is 19.3 Å². The molecule has 0 atom stereocenters. The highest BCUT2D eigenvalue weighted by Gasteiger charge is 1.92. The summed E-state index contributed by atoms with van der Waals surface area (Å²) in [6.07, 6.45) is 20.2. The lowest BCUT2D eigenvalue weighted by Gasteiger charge is -1.96. The van der Waals surface area contributed by atoms with Crippen LogP contribution in [0.4, 0.5) is 0 Å². The van der Waals surface area contributed by atoms with Gasteiger partial charge < -0.3 is 4.74 Å². The summed E-state index contributed by atoms with van der Waals surface area (Å²) in [6.45, 7) is 4.42. The zero-order valence-electron chi connectivity index (χ0n) is 13.4. The topological polar surface area (TPSA) is 26.3 Å². The van der Waals surface area contributed by atoms with Crippen molar-refractivity contribution in [2.45, 2.75) is 84.5 Å². The largest absolute Gasteiger partial charge is 0.432 e. The second kappa shape index (κ2) is 16.0. The number of unbranched alkanes of at least 4 members (excludes halogenated alkanes) is 9. The molecule has 2 heteroatoms. The lowest BCUT2D eigenvalue weighted by atomic mass is 10.1. The Morgan fingerprint density at radius 1 is 0.800 bits per heavy atom. The van der Waals surface area contributed by atoms with E-state index in [1.165, 1.54) is 57.6 Å². The fourth-order valence-electron chi connectivity index (χ4n) is 1.96. The van der Waals surface area contributed by atoms with Gasteiger partial charge in [-0.05, 0) is 31.8 Å². The van der Waals surface area contributed by atoms with Crippen molar-refractivity contribution >= 4 is 5.97 Å². The van der Waals surface area contributed by atoms with Crippen molar-refractivity contribution in [3.05, 3.63) is 24.5 Å². The van der Waals surface area contributed by atoms with Crippen LogP contribution in [0.5, 0.6) is 0 Å². The first-order chi connectivity index (χ1) is 9.81. The standard InChI is InChI=1S/C18H32O2/c1-3-5-7-9-11-12-14-16-18(19)20-17-15-13-10-8-6-4-2/h14-17H,3-13H2,1-2H3. The van der Waals surface area contributed by atoms with Crippen LogP contribution in [0, 0.1) is 0 Å². The molecule has 0 fully saturated rings. The van der Waals surface area contributed by atoms with Gasteiger partial charge in [0.15, 0.2) is 0 Å². The lowest BCUT2D eigenvalue weighted by Crippen LogP contribution is -1.93. The molecule has 0 bridgehead atoms. The Labute approximate surface area is 125 Å². The van der Waals surface area contributed by atoms with Gasteiger partial charge in [0.2, 0.25) is 0 Å². The van der Waals surface area contributed by atoms with E-state index in [9.17, 15) is 4.79 Å². The van der Waals surface area contributed by atoms with Gasteiger partial charge in [-0.3, -0.25) is 0 Å². The van der Waals surface area contributed by atoms with Gasteiger partial charge in [-0.25, -0.2) is 4.79 Å². The third-order valence-corrected chi connectivity index (χ3v) is 3.23. The molecule has 0 spiro atoms. The number of allylic oxidation sites excluding steroid dienone is 2. The van der Waals surface area contributed by atoms with E-state index in [1.807, 2.05) is 12.2 Å². The van der Waals surface area contributed by atoms with Crippen LogP contribution >= 0.6 is 0 Å². The minimum absolute atomic E-state index is 0.261. The SMILES string of the molecule is CCCCCCC=COC(=O)C=CCCCCCCC. The number of hydrogen-bond acceptors (Lipinski definition) is 2. The maximum Gasteiger partial charge on any atom is 0.335 e. The highest BCUT2D eigenvalue weighted by atomic mass is 16.5. The minimum Gasteiger partial charge on any atom is -0.432 e. The quantitative estimate of drug-likeness (QED) is 0.181. The lowest BCUT2D eigenvalue weighted by molar-refractivity contribution is -0.132. The molecule has 0 aromatic rings. The number of rotatable bonds is 13. The Balaban J connectivity index is 3.40. The monoisotopic (exact) mass is 280 g/mol. The smallest absolute Gasteiger partial charge is 0.335 e. The summed E-state index contributed by atoms with van der Waals surface area (Å²) in [5.74, 6) is -0.261. The molecule has 0 saturated carbocycles. The molecule has 0 N–H and O–H groups in total. The van der Waals surface area contributed by atoms with Crippen molar-refractivity contribution < 1.29 is 9.53 Å². The fraction of sp³-hybridized carbons (Fsp3) is 0.722. The van der Waals surface area contributed by atoms with E-state index in [4.69, 9.17) is 4.74 Å². The summed E-state index contributed by atoms with van der Waals surface area (Å²) in [4.78, 5) is 11.4. The van der Waals surface area contributed by atoms with Gasteiger partial charge >= 0.3 is 5.97 Å². The highest BCUT2D eigenvalue weighted by Crippen LogP contribution is 2.05. The van der Waals surface area contributed by atoms with Gasteiger partial charge in [-0.15, -0.1) is 0 Å². The maximum absolute atomic E-state index is 11.4. The van der Waals surface area contributed by atoms with Gasteiger partial charge in [-0.1, -0.05) is 64.9 Å². The number of hydrogen-bond donors (Lipinski definition) is 0. The van der Waals surface area contributed by atoms with E-state index in [2.05, 4.69) is 13.8 Å². The van der Waals surface area contributed by atoms with Crippen LogP contribution in [-0.2, 0) is 9.53 Å². The summed E-state index contributed by atoms with van der Waals surface area (Å²) in [5, 5.41) is 0. The average Bonchev–Trinajstić information content (AvgIpc) is 2.45. The molecular weight excluding hydrogens is 248 g/mol. The first-order valence-electron chi connectivity index (χ1n) is 8.33. The second-order valence-corrected chi connectivity index (χ2v) is 5.26. The molecular formula is C18H32O2. The van der Waals surface area contributed by atoms with Crippen LogP contribution in [0.1, 0.15) is 84.5 Å². The fourth-order valence-corrected chi connectivity index (χ4v) is 1.96. The van der Waals surface area contributed by atoms with Gasteiger partial charge in [-0.2, -0.15) is 0 Å². The summed E-state index contributed by atoms with van der Waals surface area (Å²) in [5.41, 5.74) is 0. The zero-order chi connectivity index (χ0) is 14.9. The molecule has 0 heterocycles. The van der Waals surface area contributed by atoms with E-state index in [-0.39, 0.29) is 5.97 Å². The van der Waals surface area contributed by atoms with E-state index in [1.54, 1.807) is 6.08 Å². The average molecular weight is 280 g/mol. The minimum atomic E-state index is -0.261. The Hall–Kier alpha value is -1.05. The number of ether oxygens (including phenoxy) is 1. The van der Waals surface area contributed by atoms with Crippen LogP contribution in [0.25, 0.3) is 0 Å². The molecule has 0 saturated heterocycles. The van der Waals surface area contributed by atoms with Crippen molar-refractivity contribution in [2.24, 2.45) is 0 Å². The van der Waals surface area contributed by atoms with Crippen LogP contribution in [0.15, 0.2) is 24.5 Å². The summed E-state index contributed by atoms with van der Waals surface area (Å²) in [7, 11) is 0. The molecule has 0 aliphatic carbocycles. The molecule has 2 nitrogen and oxygen atoms in total. The Morgan fingerprint density at radius 2 is 1.35 bits per heavy atom. The van der Waals surface area contributed by atoms with Crippen LogP contribution < -0.4 is 0 Å². The van der Waals surface area contributed by atoms with Gasteiger partial charge in [0.1, 0.15) is 0 Å².